The van der Waals surface area contributed by atoms with Gasteiger partial charge in [0, 0.05) is 6.42 Å². The lowest BCUT2D eigenvalue weighted by Crippen LogP contribution is -2.62. The summed E-state index contributed by atoms with van der Waals surface area (Å²) in [6, 6.07) is 0. The summed E-state index contributed by atoms with van der Waals surface area (Å²) in [7, 11) is -6.68. The van der Waals surface area contributed by atoms with Crippen LogP contribution in [0.4, 0.5) is 30.7 Å². The Bertz CT molecular complexity index is 1020. The van der Waals surface area contributed by atoms with Crippen LogP contribution in [0.25, 0.3) is 0 Å². The zero-order valence-corrected chi connectivity index (χ0v) is 21.6. The van der Waals surface area contributed by atoms with Gasteiger partial charge in [0.15, 0.2) is 0 Å². The zero-order valence-electron chi connectivity index (χ0n) is 20.7. The lowest BCUT2D eigenvalue weighted by molar-refractivity contribution is -0.363. The molecule has 0 aromatic rings. The molecule has 0 saturated heterocycles. The van der Waals surface area contributed by atoms with Gasteiger partial charge in [0.2, 0.25) is 0 Å². The van der Waals surface area contributed by atoms with Gasteiger partial charge in [-0.05, 0) is 77.0 Å². The smallest absolute Gasteiger partial charge is 0.455 e. The summed E-state index contributed by atoms with van der Waals surface area (Å²) in [5.41, 5.74) is -3.00. The predicted molar refractivity (Wildman–Crippen MR) is 113 cm³/mol. The summed E-state index contributed by atoms with van der Waals surface area (Å²) in [5, 5.41) is -6.09. The number of ether oxygens (including phenoxy) is 3. The van der Waals surface area contributed by atoms with Gasteiger partial charge in [-0.15, -0.1) is 0 Å². The lowest BCUT2D eigenvalue weighted by atomic mass is 9.49. The zero-order chi connectivity index (χ0) is 29.2. The van der Waals surface area contributed by atoms with Crippen molar-refractivity contribution in [2.24, 2.45) is 23.2 Å². The van der Waals surface area contributed by atoms with Crippen molar-refractivity contribution in [2.75, 3.05) is 6.61 Å². The van der Waals surface area contributed by atoms with E-state index in [4.69, 9.17) is 14.0 Å². The minimum atomic E-state index is -6.68. The van der Waals surface area contributed by atoms with E-state index < -0.39 is 69.2 Å². The van der Waals surface area contributed by atoms with Crippen molar-refractivity contribution in [3.05, 3.63) is 0 Å². The molecule has 0 aliphatic heterocycles. The molecule has 220 valence electrons. The largest absolute Gasteiger partial charge is 0.468 e. The maximum atomic E-state index is 14.4. The molecule has 4 rings (SSSR count). The van der Waals surface area contributed by atoms with Crippen molar-refractivity contribution in [1.29, 1.82) is 0 Å². The van der Waals surface area contributed by atoms with Crippen LogP contribution in [-0.2, 0) is 33.9 Å². The van der Waals surface area contributed by atoms with E-state index in [0.717, 1.165) is 40.0 Å². The van der Waals surface area contributed by atoms with E-state index in [-0.39, 0.29) is 37.0 Å². The number of carbonyl (C=O) groups is 2. The van der Waals surface area contributed by atoms with Crippen LogP contribution in [0.3, 0.4) is 0 Å². The normalized spacial score (nSPS) is 29.6. The van der Waals surface area contributed by atoms with Crippen LogP contribution < -0.4 is 0 Å². The van der Waals surface area contributed by atoms with Crippen LogP contribution in [0, 0.1) is 23.2 Å². The molecule has 0 aromatic heterocycles. The van der Waals surface area contributed by atoms with Crippen molar-refractivity contribution < 1.29 is 67.5 Å². The number of hydrogen-bond acceptors (Lipinski definition) is 7. The second-order valence-electron chi connectivity index (χ2n) is 11.5. The summed E-state index contributed by atoms with van der Waals surface area (Å²) in [4.78, 5) is 26.1. The van der Waals surface area contributed by atoms with Gasteiger partial charge in [0.1, 0.15) is 5.60 Å². The van der Waals surface area contributed by atoms with E-state index in [0.29, 0.717) is 0 Å². The highest BCUT2D eigenvalue weighted by molar-refractivity contribution is 7.87. The molecule has 4 bridgehead atoms. The summed E-state index contributed by atoms with van der Waals surface area (Å²) in [5.74, 6) is -13.9. The fourth-order valence-electron chi connectivity index (χ4n) is 5.99. The Hall–Kier alpha value is -1.68. The Labute approximate surface area is 214 Å². The number of carbonyl (C=O) groups excluding carboxylic acids is 2. The van der Waals surface area contributed by atoms with E-state index in [1.54, 1.807) is 0 Å². The van der Waals surface area contributed by atoms with E-state index in [1.165, 1.54) is 0 Å². The molecule has 4 aliphatic carbocycles. The predicted octanol–water partition coefficient (Wildman–Crippen LogP) is 4.87. The lowest BCUT2D eigenvalue weighted by Gasteiger charge is -2.55. The van der Waals surface area contributed by atoms with Crippen molar-refractivity contribution >= 4 is 22.1 Å². The summed E-state index contributed by atoms with van der Waals surface area (Å²) >= 11 is 0. The van der Waals surface area contributed by atoms with Crippen molar-refractivity contribution in [3.63, 3.8) is 0 Å². The van der Waals surface area contributed by atoms with Crippen LogP contribution in [-0.4, -0.2) is 60.3 Å². The third-order valence-corrected chi connectivity index (χ3v) is 8.17. The molecule has 16 heteroatoms. The maximum absolute atomic E-state index is 14.4. The fourth-order valence-corrected chi connectivity index (χ4v) is 6.47. The molecule has 1 unspecified atom stereocenters. The molecule has 0 heterocycles. The minimum absolute atomic E-state index is 0.0536. The highest BCUT2D eigenvalue weighted by Crippen LogP contribution is 2.61. The Morgan fingerprint density at radius 3 is 1.68 bits per heavy atom. The maximum Gasteiger partial charge on any atom is 0.468 e. The van der Waals surface area contributed by atoms with E-state index in [1.807, 2.05) is 0 Å². The van der Waals surface area contributed by atoms with Gasteiger partial charge in [-0.3, -0.25) is 9.35 Å². The number of rotatable bonds is 9. The second kappa shape index (κ2) is 9.46. The van der Waals surface area contributed by atoms with Crippen LogP contribution in [0.2, 0.25) is 0 Å². The van der Waals surface area contributed by atoms with Gasteiger partial charge in [-0.2, -0.15) is 39.2 Å². The highest BCUT2D eigenvalue weighted by Gasteiger charge is 2.71. The van der Waals surface area contributed by atoms with Crippen LogP contribution in [0.15, 0.2) is 0 Å². The number of esters is 2. The molecular weight excluding hydrogens is 557 g/mol. The first-order valence-corrected chi connectivity index (χ1v) is 13.3. The molecule has 0 amide bonds. The monoisotopic (exact) mass is 586 g/mol. The average molecular weight is 587 g/mol. The third kappa shape index (κ3) is 5.62. The van der Waals surface area contributed by atoms with E-state index in [2.05, 4.69) is 4.74 Å². The van der Waals surface area contributed by atoms with Gasteiger partial charge in [0.25, 0.3) is 0 Å². The summed E-state index contributed by atoms with van der Waals surface area (Å²) in [6.45, 7) is 1.44. The number of alkyl halides is 7. The molecule has 0 spiro atoms. The number of halogens is 7. The topological polar surface area (TPSA) is 116 Å². The quantitative estimate of drug-likeness (QED) is 0.176. The van der Waals surface area contributed by atoms with Crippen molar-refractivity contribution in [1.82, 2.24) is 0 Å². The van der Waals surface area contributed by atoms with Crippen molar-refractivity contribution in [2.45, 2.75) is 94.5 Å². The van der Waals surface area contributed by atoms with Gasteiger partial charge in [-0.1, -0.05) is 0 Å². The van der Waals surface area contributed by atoms with Gasteiger partial charge in [0.05, 0.1) is 12.0 Å². The SMILES string of the molecule is CC(C)(C)OC(=O)C(OCCC(F)(F)C(F)(F)S(=O)(=O)O)(OC(=O)C12CC3CC(CC(C3)C1)C2)C(F)(F)F. The molecule has 4 aliphatic rings. The Morgan fingerprint density at radius 1 is 0.868 bits per heavy atom. The van der Waals surface area contributed by atoms with E-state index in [9.17, 15) is 48.7 Å². The minimum Gasteiger partial charge on any atom is -0.455 e. The van der Waals surface area contributed by atoms with Crippen molar-refractivity contribution in [3.8, 4) is 0 Å². The highest BCUT2D eigenvalue weighted by atomic mass is 32.2. The Kier molecular flexibility index (Phi) is 7.68. The molecule has 1 atom stereocenters. The standard InChI is InChI=1S/C22H29F7O8S/c1-17(2,3)36-16(31)20(21(25,26)27,35-5-4-19(23,24)22(28,29)38(32,33)34)37-15(30)18-9-12-6-13(10-18)8-14(7-12)11-18/h12-14H,4-11H2,1-3H3,(H,32,33,34). The average Bonchev–Trinajstić information content (AvgIpc) is 2.68. The van der Waals surface area contributed by atoms with Gasteiger partial charge < -0.3 is 14.2 Å². The first kappa shape index (κ1) is 30.9. The first-order chi connectivity index (χ1) is 16.9. The molecule has 1 N–H and O–H groups in total. The van der Waals surface area contributed by atoms with Crippen LogP contribution in [0.5, 0.6) is 0 Å². The molecule has 8 nitrogen and oxygen atoms in total. The molecule has 0 aromatic carbocycles. The fraction of sp³-hybridized carbons (Fsp3) is 0.909. The molecular formula is C22H29F7O8S. The second-order valence-corrected chi connectivity index (χ2v) is 13.0. The van der Waals surface area contributed by atoms with E-state index >= 15 is 0 Å². The molecule has 4 saturated carbocycles. The molecule has 38 heavy (non-hydrogen) atoms. The summed E-state index contributed by atoms with van der Waals surface area (Å²) < 4.78 is 142. The number of hydrogen-bond donors (Lipinski definition) is 1. The first-order valence-electron chi connectivity index (χ1n) is 11.8. The summed E-state index contributed by atoms with van der Waals surface area (Å²) in [6.07, 6.45) is -5.39. The molecule has 4 fully saturated rings. The van der Waals surface area contributed by atoms with Crippen LogP contribution >= 0.6 is 0 Å². The van der Waals surface area contributed by atoms with Gasteiger partial charge >= 0.3 is 45.2 Å². The third-order valence-electron chi connectivity index (χ3n) is 7.22. The van der Waals surface area contributed by atoms with Gasteiger partial charge in [-0.25, -0.2) is 4.79 Å². The van der Waals surface area contributed by atoms with Crippen LogP contribution in [0.1, 0.15) is 65.7 Å². The Morgan fingerprint density at radius 2 is 1.32 bits per heavy atom. The molecule has 0 radical (unpaired) electrons. The Balaban J connectivity index is 1.93.